The minimum absolute atomic E-state index is 0.357. The highest BCUT2D eigenvalue weighted by Crippen LogP contribution is 2.43. The molecule has 8 heteroatoms. The summed E-state index contributed by atoms with van der Waals surface area (Å²) >= 11 is 1.24. The number of amides is 1. The normalized spacial score (nSPS) is 14.0. The molecule has 3 rings (SSSR count). The van der Waals surface area contributed by atoms with E-state index in [0.29, 0.717) is 59.4 Å². The van der Waals surface area contributed by atoms with E-state index in [1.807, 2.05) is 0 Å². The van der Waals surface area contributed by atoms with Gasteiger partial charge in [-0.25, -0.2) is 0 Å². The van der Waals surface area contributed by atoms with E-state index in [9.17, 15) is 10.1 Å². The minimum atomic E-state index is -0.559. The predicted molar refractivity (Wildman–Crippen MR) is 99.1 cm³/mol. The van der Waals surface area contributed by atoms with Crippen LogP contribution in [0, 0.1) is 11.3 Å². The van der Waals surface area contributed by atoms with Gasteiger partial charge < -0.3 is 24.8 Å². The lowest BCUT2D eigenvalue weighted by Gasteiger charge is -2.27. The van der Waals surface area contributed by atoms with Gasteiger partial charge in [-0.05, 0) is 17.7 Å². The van der Waals surface area contributed by atoms with Crippen molar-refractivity contribution in [3.8, 4) is 28.7 Å². The number of carbonyl (C=O) groups excluding carboxylic acids is 1. The Balaban J connectivity index is 2.18. The van der Waals surface area contributed by atoms with Crippen molar-refractivity contribution in [2.45, 2.75) is 0 Å². The van der Waals surface area contributed by atoms with Crippen LogP contribution in [0.25, 0.3) is 11.1 Å². The fraction of sp³-hybridized carbons (Fsp3) is 0.333. The van der Waals surface area contributed by atoms with Crippen LogP contribution < -0.4 is 20.1 Å². The number of carbonyl (C=O) groups is 1. The van der Waals surface area contributed by atoms with E-state index in [1.165, 1.54) is 18.4 Å². The molecule has 1 saturated heterocycles. The van der Waals surface area contributed by atoms with Crippen molar-refractivity contribution in [1.29, 1.82) is 5.26 Å². The third kappa shape index (κ3) is 3.19. The van der Waals surface area contributed by atoms with Gasteiger partial charge in [0.1, 0.15) is 15.9 Å². The summed E-state index contributed by atoms with van der Waals surface area (Å²) in [6.07, 6.45) is 0. The summed E-state index contributed by atoms with van der Waals surface area (Å²) < 4.78 is 16.0. The van der Waals surface area contributed by atoms with Crippen LogP contribution in [0.2, 0.25) is 0 Å². The van der Waals surface area contributed by atoms with E-state index >= 15 is 0 Å². The molecule has 1 aliphatic heterocycles. The second-order valence-corrected chi connectivity index (χ2v) is 6.63. The number of thiophene rings is 1. The third-order valence-corrected chi connectivity index (χ3v) is 5.46. The summed E-state index contributed by atoms with van der Waals surface area (Å²) in [7, 11) is 3.09. The minimum Gasteiger partial charge on any atom is -0.493 e. The Morgan fingerprint density at radius 2 is 1.96 bits per heavy atom. The smallest absolute Gasteiger partial charge is 0.259 e. The summed E-state index contributed by atoms with van der Waals surface area (Å²) in [4.78, 5) is 14.5. The van der Waals surface area contributed by atoms with Gasteiger partial charge in [0.2, 0.25) is 0 Å². The molecule has 1 aliphatic rings. The Morgan fingerprint density at radius 3 is 2.54 bits per heavy atom. The fourth-order valence-electron chi connectivity index (χ4n) is 2.95. The third-order valence-electron chi connectivity index (χ3n) is 4.20. The van der Waals surface area contributed by atoms with E-state index in [4.69, 9.17) is 19.9 Å². The summed E-state index contributed by atoms with van der Waals surface area (Å²) in [5.41, 5.74) is 7.27. The number of hydrogen-bond acceptors (Lipinski definition) is 7. The highest BCUT2D eigenvalue weighted by atomic mass is 32.1. The van der Waals surface area contributed by atoms with Crippen LogP contribution in [0.5, 0.6) is 11.5 Å². The molecule has 0 unspecified atom stereocenters. The second kappa shape index (κ2) is 7.64. The first-order valence-corrected chi connectivity index (χ1v) is 8.84. The SMILES string of the molecule is COc1ccc(-c2c(C(N)=O)sc(N3CCOCC3)c2C#N)cc1OC. The zero-order valence-corrected chi connectivity index (χ0v) is 15.4. The number of anilines is 1. The van der Waals surface area contributed by atoms with Crippen molar-refractivity contribution >= 4 is 22.2 Å². The first-order valence-electron chi connectivity index (χ1n) is 8.02. The van der Waals surface area contributed by atoms with Gasteiger partial charge >= 0.3 is 0 Å². The van der Waals surface area contributed by atoms with Gasteiger partial charge in [0.05, 0.1) is 33.0 Å². The van der Waals surface area contributed by atoms with Crippen LogP contribution in [0.3, 0.4) is 0 Å². The molecule has 1 aromatic carbocycles. The maximum atomic E-state index is 12.1. The van der Waals surface area contributed by atoms with Crippen molar-refractivity contribution in [3.63, 3.8) is 0 Å². The van der Waals surface area contributed by atoms with Crippen molar-refractivity contribution in [2.75, 3.05) is 45.4 Å². The van der Waals surface area contributed by atoms with Crippen LogP contribution in [0.4, 0.5) is 5.00 Å². The maximum Gasteiger partial charge on any atom is 0.259 e. The van der Waals surface area contributed by atoms with E-state index in [0.717, 1.165) is 5.00 Å². The zero-order chi connectivity index (χ0) is 18.7. The van der Waals surface area contributed by atoms with Gasteiger partial charge in [0, 0.05) is 18.7 Å². The average molecular weight is 373 g/mol. The molecule has 0 spiro atoms. The van der Waals surface area contributed by atoms with Crippen LogP contribution in [0.15, 0.2) is 18.2 Å². The average Bonchev–Trinajstić information content (AvgIpc) is 3.08. The highest BCUT2D eigenvalue weighted by molar-refractivity contribution is 7.18. The number of nitriles is 1. The van der Waals surface area contributed by atoms with Crippen molar-refractivity contribution in [2.24, 2.45) is 5.73 Å². The number of methoxy groups -OCH3 is 2. The molecule has 0 bridgehead atoms. The Labute approximate surface area is 155 Å². The first-order chi connectivity index (χ1) is 12.6. The molecule has 1 fully saturated rings. The lowest BCUT2D eigenvalue weighted by Crippen LogP contribution is -2.36. The Hall–Kier alpha value is -2.76. The number of ether oxygens (including phenoxy) is 3. The molecule has 0 radical (unpaired) electrons. The number of rotatable bonds is 5. The van der Waals surface area contributed by atoms with Crippen molar-refractivity contribution < 1.29 is 19.0 Å². The highest BCUT2D eigenvalue weighted by Gasteiger charge is 2.27. The first kappa shape index (κ1) is 18.0. The number of primary amides is 1. The van der Waals surface area contributed by atoms with Gasteiger partial charge in [-0.1, -0.05) is 6.07 Å². The van der Waals surface area contributed by atoms with Crippen molar-refractivity contribution in [1.82, 2.24) is 0 Å². The van der Waals surface area contributed by atoms with Crippen LogP contribution >= 0.6 is 11.3 Å². The molecular formula is C18H19N3O4S. The Kier molecular flexibility index (Phi) is 5.30. The fourth-order valence-corrected chi connectivity index (χ4v) is 4.13. The lowest BCUT2D eigenvalue weighted by atomic mass is 10.0. The molecule has 1 aromatic heterocycles. The molecule has 2 heterocycles. The van der Waals surface area contributed by atoms with Gasteiger partial charge in [-0.2, -0.15) is 5.26 Å². The van der Waals surface area contributed by atoms with E-state index in [1.54, 1.807) is 25.3 Å². The molecule has 2 N–H and O–H groups in total. The van der Waals surface area contributed by atoms with E-state index < -0.39 is 5.91 Å². The number of benzene rings is 1. The summed E-state index contributed by atoms with van der Waals surface area (Å²) in [5, 5.41) is 10.5. The summed E-state index contributed by atoms with van der Waals surface area (Å²) in [5.74, 6) is 0.526. The second-order valence-electron chi connectivity index (χ2n) is 5.63. The number of nitrogens with zero attached hydrogens (tertiary/aromatic N) is 2. The molecule has 26 heavy (non-hydrogen) atoms. The standard InChI is InChI=1S/C18H19N3O4S/c1-23-13-4-3-11(9-14(13)24-2)15-12(10-19)18(26-16(15)17(20)22)21-5-7-25-8-6-21/h3-4,9H,5-8H2,1-2H3,(H2,20,22). The number of morpholine rings is 1. The van der Waals surface area contributed by atoms with E-state index in [-0.39, 0.29) is 0 Å². The van der Waals surface area contributed by atoms with Gasteiger partial charge in [-0.3, -0.25) is 4.79 Å². The molecular weight excluding hydrogens is 354 g/mol. The Morgan fingerprint density at radius 1 is 1.27 bits per heavy atom. The molecule has 2 aromatic rings. The van der Waals surface area contributed by atoms with Crippen LogP contribution in [-0.2, 0) is 4.74 Å². The van der Waals surface area contributed by atoms with Crippen LogP contribution in [-0.4, -0.2) is 46.4 Å². The molecule has 0 atom stereocenters. The molecule has 0 saturated carbocycles. The topological polar surface area (TPSA) is 97.8 Å². The largest absolute Gasteiger partial charge is 0.493 e. The van der Waals surface area contributed by atoms with Crippen molar-refractivity contribution in [3.05, 3.63) is 28.6 Å². The van der Waals surface area contributed by atoms with Gasteiger partial charge in [0.15, 0.2) is 11.5 Å². The molecule has 136 valence electrons. The zero-order valence-electron chi connectivity index (χ0n) is 14.6. The number of nitrogens with two attached hydrogens (primary N) is 1. The molecule has 0 aliphatic carbocycles. The van der Waals surface area contributed by atoms with E-state index in [2.05, 4.69) is 11.0 Å². The van der Waals surface area contributed by atoms with Crippen LogP contribution in [0.1, 0.15) is 15.2 Å². The lowest BCUT2D eigenvalue weighted by molar-refractivity contribution is 0.100. The van der Waals surface area contributed by atoms with Gasteiger partial charge in [0.25, 0.3) is 5.91 Å². The van der Waals surface area contributed by atoms with Gasteiger partial charge in [-0.15, -0.1) is 11.3 Å². The number of hydrogen-bond donors (Lipinski definition) is 1. The monoisotopic (exact) mass is 373 g/mol. The predicted octanol–water partition coefficient (Wildman–Crippen LogP) is 2.24. The summed E-state index contributed by atoms with van der Waals surface area (Å²) in [6, 6.07) is 7.53. The quantitative estimate of drug-likeness (QED) is 0.863. The molecule has 7 nitrogen and oxygen atoms in total. The maximum absolute atomic E-state index is 12.1. The molecule has 1 amide bonds. The summed E-state index contributed by atoms with van der Waals surface area (Å²) in [6.45, 7) is 2.50. The Bertz CT molecular complexity index is 866.